The molecule has 0 aliphatic heterocycles. The molecule has 0 heterocycles. The zero-order valence-electron chi connectivity index (χ0n) is 8.06. The Labute approximate surface area is 85.5 Å². The molecule has 2 rings (SSSR count). The average Bonchev–Trinajstić information content (AvgIpc) is 2.95. The van der Waals surface area contributed by atoms with Crippen LogP contribution in [0.4, 0.5) is 13.2 Å². The van der Waals surface area contributed by atoms with Gasteiger partial charge in [0.25, 0.3) is 0 Å². The van der Waals surface area contributed by atoms with Crippen molar-refractivity contribution in [3.8, 4) is 0 Å². The maximum atomic E-state index is 13.2. The van der Waals surface area contributed by atoms with Crippen LogP contribution < -0.4 is 0 Å². The summed E-state index contributed by atoms with van der Waals surface area (Å²) < 4.78 is 38.7. The molecular formula is C11H11F3O. The number of hydrogen-bond acceptors (Lipinski definition) is 1. The molecule has 1 aliphatic carbocycles. The van der Waals surface area contributed by atoms with Crippen LogP contribution in [0.5, 0.6) is 0 Å². The van der Waals surface area contributed by atoms with Crippen LogP contribution in [0.1, 0.15) is 18.4 Å². The highest BCUT2D eigenvalue weighted by molar-refractivity contribution is 5.23. The second-order valence-corrected chi connectivity index (χ2v) is 4.19. The maximum absolute atomic E-state index is 13.2. The molecule has 0 spiro atoms. The van der Waals surface area contributed by atoms with E-state index >= 15 is 0 Å². The summed E-state index contributed by atoms with van der Waals surface area (Å²) in [5.74, 6) is -2.96. The molecular weight excluding hydrogens is 205 g/mol. The van der Waals surface area contributed by atoms with E-state index in [1.165, 1.54) is 0 Å². The Morgan fingerprint density at radius 2 is 1.67 bits per heavy atom. The Morgan fingerprint density at radius 1 is 1.07 bits per heavy atom. The number of rotatable bonds is 3. The molecule has 82 valence electrons. The van der Waals surface area contributed by atoms with Gasteiger partial charge in [-0.15, -0.1) is 0 Å². The summed E-state index contributed by atoms with van der Waals surface area (Å²) in [5, 5.41) is 9.04. The van der Waals surface area contributed by atoms with Crippen LogP contribution in [0.25, 0.3) is 0 Å². The molecule has 1 fully saturated rings. The van der Waals surface area contributed by atoms with Gasteiger partial charge in [-0.2, -0.15) is 0 Å². The molecule has 1 N–H and O–H groups in total. The number of benzene rings is 1. The summed E-state index contributed by atoms with van der Waals surface area (Å²) in [6.45, 7) is -0.0363. The molecule has 1 aliphatic rings. The van der Waals surface area contributed by atoms with E-state index in [0.717, 1.165) is 18.9 Å². The smallest absolute Gasteiger partial charge is 0.161 e. The fraction of sp³-hybridized carbons (Fsp3) is 0.455. The van der Waals surface area contributed by atoms with Crippen LogP contribution in [0.3, 0.4) is 0 Å². The monoisotopic (exact) mass is 216 g/mol. The van der Waals surface area contributed by atoms with Crippen molar-refractivity contribution in [3.05, 3.63) is 35.1 Å². The number of aliphatic hydroxyl groups is 1. The predicted molar refractivity (Wildman–Crippen MR) is 48.8 cm³/mol. The Morgan fingerprint density at radius 3 is 2.20 bits per heavy atom. The largest absolute Gasteiger partial charge is 0.396 e. The Hall–Kier alpha value is -1.03. The number of aliphatic hydroxyl groups excluding tert-OH is 1. The lowest BCUT2D eigenvalue weighted by Gasteiger charge is -2.12. The predicted octanol–water partition coefficient (Wildman–Crippen LogP) is 2.42. The highest BCUT2D eigenvalue weighted by atomic mass is 19.2. The van der Waals surface area contributed by atoms with Gasteiger partial charge >= 0.3 is 0 Å². The van der Waals surface area contributed by atoms with Crippen LogP contribution in [-0.2, 0) is 6.42 Å². The van der Waals surface area contributed by atoms with Crippen LogP contribution >= 0.6 is 0 Å². The van der Waals surface area contributed by atoms with Gasteiger partial charge in [0.15, 0.2) is 11.6 Å². The molecule has 0 radical (unpaired) electrons. The molecule has 1 nitrogen and oxygen atoms in total. The molecule has 4 heteroatoms. The first-order valence-electron chi connectivity index (χ1n) is 4.81. The molecule has 1 saturated carbocycles. The highest BCUT2D eigenvalue weighted by Crippen LogP contribution is 2.48. The van der Waals surface area contributed by atoms with Gasteiger partial charge in [0.2, 0.25) is 0 Å². The summed E-state index contributed by atoms with van der Waals surface area (Å²) in [6, 6.07) is 1.43. The molecule has 0 unspecified atom stereocenters. The van der Waals surface area contributed by atoms with Crippen molar-refractivity contribution < 1.29 is 18.3 Å². The van der Waals surface area contributed by atoms with Crippen molar-refractivity contribution in [2.75, 3.05) is 6.61 Å². The van der Waals surface area contributed by atoms with Crippen molar-refractivity contribution in [1.82, 2.24) is 0 Å². The van der Waals surface area contributed by atoms with Gasteiger partial charge in [0, 0.05) is 12.7 Å². The van der Waals surface area contributed by atoms with Crippen LogP contribution in [-0.4, -0.2) is 11.7 Å². The molecule has 1 aromatic rings. The van der Waals surface area contributed by atoms with Crippen molar-refractivity contribution >= 4 is 0 Å². The first-order valence-corrected chi connectivity index (χ1v) is 4.81. The SMILES string of the molecule is OCC1(Cc2cc(F)c(F)cc2F)CC1. The first kappa shape index (κ1) is 10.5. The third-order valence-corrected chi connectivity index (χ3v) is 2.95. The maximum Gasteiger partial charge on any atom is 0.161 e. The second-order valence-electron chi connectivity index (χ2n) is 4.19. The summed E-state index contributed by atoms with van der Waals surface area (Å²) in [4.78, 5) is 0. The zero-order chi connectivity index (χ0) is 11.1. The summed E-state index contributed by atoms with van der Waals surface area (Å²) >= 11 is 0. The van der Waals surface area contributed by atoms with Gasteiger partial charge in [0.05, 0.1) is 0 Å². The van der Waals surface area contributed by atoms with Gasteiger partial charge in [0.1, 0.15) is 5.82 Å². The van der Waals surface area contributed by atoms with Gasteiger partial charge in [-0.25, -0.2) is 13.2 Å². The fourth-order valence-electron chi connectivity index (χ4n) is 1.67. The van der Waals surface area contributed by atoms with Gasteiger partial charge < -0.3 is 5.11 Å². The minimum absolute atomic E-state index is 0.0363. The molecule has 0 atom stereocenters. The normalized spacial score (nSPS) is 17.9. The van der Waals surface area contributed by atoms with E-state index in [9.17, 15) is 13.2 Å². The van der Waals surface area contributed by atoms with Gasteiger partial charge in [-0.3, -0.25) is 0 Å². The Bertz CT molecular complexity index is 386. The molecule has 0 bridgehead atoms. The lowest BCUT2D eigenvalue weighted by molar-refractivity contribution is 0.210. The van der Waals surface area contributed by atoms with Crippen LogP contribution in [0.15, 0.2) is 12.1 Å². The Kier molecular flexibility index (Phi) is 2.46. The summed E-state index contributed by atoms with van der Waals surface area (Å²) in [6.07, 6.45) is 1.89. The number of halogens is 3. The van der Waals surface area contributed by atoms with E-state index in [1.807, 2.05) is 0 Å². The van der Waals surface area contributed by atoms with E-state index in [2.05, 4.69) is 0 Å². The molecule has 0 amide bonds. The van der Waals surface area contributed by atoms with Crippen LogP contribution in [0, 0.1) is 22.9 Å². The summed E-state index contributed by atoms with van der Waals surface area (Å²) in [7, 11) is 0. The second kappa shape index (κ2) is 3.52. The van der Waals surface area contributed by atoms with Crippen molar-refractivity contribution in [1.29, 1.82) is 0 Å². The molecule has 15 heavy (non-hydrogen) atoms. The Balaban J connectivity index is 2.25. The summed E-state index contributed by atoms with van der Waals surface area (Å²) in [5.41, 5.74) is -0.161. The third-order valence-electron chi connectivity index (χ3n) is 2.95. The molecule has 0 saturated heterocycles. The third kappa shape index (κ3) is 2.00. The van der Waals surface area contributed by atoms with Gasteiger partial charge in [-0.05, 0) is 36.3 Å². The minimum atomic E-state index is -1.18. The lowest BCUT2D eigenvalue weighted by Crippen LogP contribution is -2.11. The quantitative estimate of drug-likeness (QED) is 0.769. The van der Waals surface area contributed by atoms with Crippen molar-refractivity contribution in [2.45, 2.75) is 19.3 Å². The van der Waals surface area contributed by atoms with Crippen LogP contribution in [0.2, 0.25) is 0 Å². The van der Waals surface area contributed by atoms with E-state index in [-0.39, 0.29) is 24.0 Å². The lowest BCUT2D eigenvalue weighted by atomic mass is 9.97. The van der Waals surface area contributed by atoms with Crippen molar-refractivity contribution in [2.24, 2.45) is 5.41 Å². The van der Waals surface area contributed by atoms with E-state index in [1.54, 1.807) is 0 Å². The highest BCUT2D eigenvalue weighted by Gasteiger charge is 2.42. The zero-order valence-corrected chi connectivity index (χ0v) is 8.06. The first-order chi connectivity index (χ1) is 7.06. The topological polar surface area (TPSA) is 20.2 Å². The van der Waals surface area contributed by atoms with E-state index < -0.39 is 17.5 Å². The standard InChI is InChI=1S/C11H11F3O/c12-8-4-10(14)9(13)3-7(8)5-11(6-15)1-2-11/h3-4,15H,1-2,5-6H2. The fourth-order valence-corrected chi connectivity index (χ4v) is 1.67. The van der Waals surface area contributed by atoms with Gasteiger partial charge in [-0.1, -0.05) is 0 Å². The number of hydrogen-bond donors (Lipinski definition) is 1. The average molecular weight is 216 g/mol. The van der Waals surface area contributed by atoms with E-state index in [4.69, 9.17) is 5.11 Å². The molecule has 0 aromatic heterocycles. The molecule has 1 aromatic carbocycles. The minimum Gasteiger partial charge on any atom is -0.396 e. The van der Waals surface area contributed by atoms with E-state index in [0.29, 0.717) is 6.07 Å². The van der Waals surface area contributed by atoms with Crippen molar-refractivity contribution in [3.63, 3.8) is 0 Å².